The number of carbonyl (C=O) groups excluding carboxylic acids is 3. The lowest BCUT2D eigenvalue weighted by Gasteiger charge is -2.24. The van der Waals surface area contributed by atoms with Crippen LogP contribution in [-0.4, -0.2) is 47.5 Å². The third-order valence-corrected chi connectivity index (χ3v) is 5.43. The first-order valence-electron chi connectivity index (χ1n) is 11.3. The molecule has 7 nitrogen and oxygen atoms in total. The highest BCUT2D eigenvalue weighted by Gasteiger charge is 2.46. The molecule has 0 radical (unpaired) electrons. The van der Waals surface area contributed by atoms with E-state index in [1.54, 1.807) is 31.7 Å². The first-order chi connectivity index (χ1) is 15.2. The standard InChI is InChI=1S/C25H33N3O4/c1-5-6-9-14-28-16-20(23(30)32-25(2,3)4)21(22(28)29)27-24(31)26-19-13-12-17-10-7-8-11-18(17)15-19/h7-8,10-13,15,20-21H,5-6,9,14,16H2,1-4H3,(H2,26,27,31). The SMILES string of the molecule is CCCCCN1CC(C(=O)OC(C)(C)C)C(NC(=O)Nc2ccc3ccccc3c2)C1=O. The number of rotatable bonds is 7. The summed E-state index contributed by atoms with van der Waals surface area (Å²) in [5.74, 6) is -1.46. The lowest BCUT2D eigenvalue weighted by molar-refractivity contribution is -0.160. The average molecular weight is 440 g/mol. The van der Waals surface area contributed by atoms with Crippen LogP contribution in [0.4, 0.5) is 10.5 Å². The molecule has 3 amide bonds. The Hall–Kier alpha value is -3.09. The summed E-state index contributed by atoms with van der Waals surface area (Å²) in [5, 5.41) is 7.57. The fraction of sp³-hybridized carbons (Fsp3) is 0.480. The molecule has 1 aliphatic heterocycles. The number of hydrogen-bond donors (Lipinski definition) is 2. The fourth-order valence-corrected chi connectivity index (χ4v) is 3.88. The van der Waals surface area contributed by atoms with E-state index in [1.165, 1.54) is 0 Å². The van der Waals surface area contributed by atoms with Crippen molar-refractivity contribution in [3.63, 3.8) is 0 Å². The van der Waals surface area contributed by atoms with Crippen LogP contribution >= 0.6 is 0 Å². The van der Waals surface area contributed by atoms with Gasteiger partial charge in [-0.2, -0.15) is 0 Å². The minimum Gasteiger partial charge on any atom is -0.460 e. The van der Waals surface area contributed by atoms with Gasteiger partial charge in [-0.1, -0.05) is 50.1 Å². The molecule has 32 heavy (non-hydrogen) atoms. The Morgan fingerprint density at radius 3 is 2.50 bits per heavy atom. The first-order valence-corrected chi connectivity index (χ1v) is 11.3. The van der Waals surface area contributed by atoms with E-state index in [9.17, 15) is 14.4 Å². The third kappa shape index (κ3) is 5.99. The molecule has 0 saturated carbocycles. The number of ether oxygens (including phenoxy) is 1. The second kappa shape index (κ2) is 10.0. The predicted octanol–water partition coefficient (Wildman–Crippen LogP) is 4.32. The number of fused-ring (bicyclic) bond motifs is 1. The van der Waals surface area contributed by atoms with Crippen LogP contribution in [0.15, 0.2) is 42.5 Å². The van der Waals surface area contributed by atoms with Gasteiger partial charge in [0, 0.05) is 18.8 Å². The second-order valence-corrected chi connectivity index (χ2v) is 9.27. The van der Waals surface area contributed by atoms with E-state index in [0.29, 0.717) is 12.2 Å². The summed E-state index contributed by atoms with van der Waals surface area (Å²) in [4.78, 5) is 40.2. The lowest BCUT2D eigenvalue weighted by atomic mass is 10.0. The number of benzene rings is 2. The Balaban J connectivity index is 1.72. The maximum Gasteiger partial charge on any atom is 0.319 e. The number of urea groups is 1. The first kappa shape index (κ1) is 23.6. The molecular formula is C25H33N3O4. The number of amides is 3. The molecule has 0 spiro atoms. The highest BCUT2D eigenvalue weighted by atomic mass is 16.6. The van der Waals surface area contributed by atoms with Crippen LogP contribution in [-0.2, 0) is 14.3 Å². The van der Waals surface area contributed by atoms with E-state index in [2.05, 4.69) is 17.6 Å². The normalized spacial score (nSPS) is 18.6. The van der Waals surface area contributed by atoms with Gasteiger partial charge in [0.15, 0.2) is 0 Å². The minimum absolute atomic E-state index is 0.245. The monoisotopic (exact) mass is 439 g/mol. The van der Waals surface area contributed by atoms with Crippen LogP contribution in [0.3, 0.4) is 0 Å². The molecule has 2 aromatic rings. The number of likely N-dealkylation sites (tertiary alicyclic amines) is 1. The summed E-state index contributed by atoms with van der Waals surface area (Å²) in [7, 11) is 0. The van der Waals surface area contributed by atoms with Gasteiger partial charge in [-0.15, -0.1) is 0 Å². The van der Waals surface area contributed by atoms with Gasteiger partial charge in [0.25, 0.3) is 0 Å². The Morgan fingerprint density at radius 1 is 1.09 bits per heavy atom. The van der Waals surface area contributed by atoms with Crippen molar-refractivity contribution in [2.75, 3.05) is 18.4 Å². The van der Waals surface area contributed by atoms with Crippen molar-refractivity contribution in [3.8, 4) is 0 Å². The molecule has 172 valence electrons. The molecule has 0 aromatic heterocycles. The average Bonchev–Trinajstić information content (AvgIpc) is 3.02. The number of nitrogens with one attached hydrogen (secondary N) is 2. The zero-order valence-corrected chi connectivity index (χ0v) is 19.3. The fourth-order valence-electron chi connectivity index (χ4n) is 3.88. The maximum absolute atomic E-state index is 13.0. The van der Waals surface area contributed by atoms with E-state index in [-0.39, 0.29) is 12.5 Å². The zero-order chi connectivity index (χ0) is 23.3. The Kier molecular flexibility index (Phi) is 7.38. The minimum atomic E-state index is -0.952. The smallest absolute Gasteiger partial charge is 0.319 e. The van der Waals surface area contributed by atoms with Crippen molar-refractivity contribution in [2.24, 2.45) is 5.92 Å². The predicted molar refractivity (Wildman–Crippen MR) is 125 cm³/mol. The van der Waals surface area contributed by atoms with Crippen LogP contribution in [0, 0.1) is 5.92 Å². The molecule has 2 aromatic carbocycles. The van der Waals surface area contributed by atoms with Crippen molar-refractivity contribution in [3.05, 3.63) is 42.5 Å². The van der Waals surface area contributed by atoms with Crippen LogP contribution < -0.4 is 10.6 Å². The van der Waals surface area contributed by atoms with Crippen molar-refractivity contribution in [1.29, 1.82) is 0 Å². The summed E-state index contributed by atoms with van der Waals surface area (Å²) in [6.45, 7) is 8.27. The van der Waals surface area contributed by atoms with Gasteiger partial charge in [-0.3, -0.25) is 9.59 Å². The van der Waals surface area contributed by atoms with E-state index in [0.717, 1.165) is 30.0 Å². The number of unbranched alkanes of at least 4 members (excludes halogenated alkanes) is 2. The van der Waals surface area contributed by atoms with Crippen molar-refractivity contribution >= 4 is 34.4 Å². The molecule has 2 N–H and O–H groups in total. The van der Waals surface area contributed by atoms with Crippen molar-refractivity contribution < 1.29 is 19.1 Å². The van der Waals surface area contributed by atoms with Gasteiger partial charge in [0.1, 0.15) is 17.6 Å². The van der Waals surface area contributed by atoms with Crippen LogP contribution in [0.25, 0.3) is 10.8 Å². The molecule has 2 unspecified atom stereocenters. The molecule has 1 heterocycles. The molecule has 1 fully saturated rings. The molecule has 1 aliphatic rings. The van der Waals surface area contributed by atoms with Gasteiger partial charge < -0.3 is 20.3 Å². The quantitative estimate of drug-likeness (QED) is 0.497. The van der Waals surface area contributed by atoms with Crippen molar-refractivity contribution in [1.82, 2.24) is 10.2 Å². The molecule has 7 heteroatoms. The number of esters is 1. The van der Waals surface area contributed by atoms with E-state index >= 15 is 0 Å². The van der Waals surface area contributed by atoms with Gasteiger partial charge >= 0.3 is 12.0 Å². The van der Waals surface area contributed by atoms with Crippen LogP contribution in [0.2, 0.25) is 0 Å². The number of carbonyl (C=O) groups is 3. The summed E-state index contributed by atoms with van der Waals surface area (Å²) in [6.07, 6.45) is 2.90. The van der Waals surface area contributed by atoms with Crippen molar-refractivity contribution in [2.45, 2.75) is 58.6 Å². The Morgan fingerprint density at radius 2 is 1.81 bits per heavy atom. The number of hydrogen-bond acceptors (Lipinski definition) is 4. The third-order valence-electron chi connectivity index (χ3n) is 5.43. The molecule has 2 atom stereocenters. The van der Waals surface area contributed by atoms with Gasteiger partial charge in [-0.25, -0.2) is 4.79 Å². The van der Waals surface area contributed by atoms with Crippen LogP contribution in [0.1, 0.15) is 47.0 Å². The molecule has 0 bridgehead atoms. The largest absolute Gasteiger partial charge is 0.460 e. The topological polar surface area (TPSA) is 87.7 Å². The Labute approximate surface area is 189 Å². The second-order valence-electron chi connectivity index (χ2n) is 9.27. The summed E-state index contributed by atoms with van der Waals surface area (Å²) in [6, 6.07) is 12.0. The maximum atomic E-state index is 13.0. The van der Waals surface area contributed by atoms with Crippen LogP contribution in [0.5, 0.6) is 0 Å². The van der Waals surface area contributed by atoms with Gasteiger partial charge in [0.2, 0.25) is 5.91 Å². The van der Waals surface area contributed by atoms with E-state index < -0.39 is 29.6 Å². The summed E-state index contributed by atoms with van der Waals surface area (Å²) < 4.78 is 5.53. The number of nitrogens with zero attached hydrogens (tertiary/aromatic N) is 1. The highest BCUT2D eigenvalue weighted by Crippen LogP contribution is 2.24. The Bertz CT molecular complexity index is 983. The molecule has 0 aliphatic carbocycles. The van der Waals surface area contributed by atoms with Gasteiger partial charge in [-0.05, 0) is 50.1 Å². The van der Waals surface area contributed by atoms with Gasteiger partial charge in [0.05, 0.1) is 0 Å². The lowest BCUT2D eigenvalue weighted by Crippen LogP contribution is -2.48. The molecule has 1 saturated heterocycles. The van der Waals surface area contributed by atoms with E-state index in [1.807, 2.05) is 36.4 Å². The molecule has 3 rings (SSSR count). The molecular weight excluding hydrogens is 406 g/mol. The van der Waals surface area contributed by atoms with E-state index in [4.69, 9.17) is 4.74 Å². The zero-order valence-electron chi connectivity index (χ0n) is 19.3. The number of anilines is 1. The summed E-state index contributed by atoms with van der Waals surface area (Å²) in [5.41, 5.74) is -0.0616. The summed E-state index contributed by atoms with van der Waals surface area (Å²) >= 11 is 0. The highest BCUT2D eigenvalue weighted by molar-refractivity contribution is 5.99.